The molecule has 2 aromatic rings. The van der Waals surface area contributed by atoms with Crippen LogP contribution in [0.3, 0.4) is 0 Å². The van der Waals surface area contributed by atoms with Crippen LogP contribution < -0.4 is 0 Å². The van der Waals surface area contributed by atoms with E-state index in [4.69, 9.17) is 4.74 Å². The number of rotatable bonds is 5. The van der Waals surface area contributed by atoms with Crippen LogP contribution in [0, 0.1) is 5.92 Å². The summed E-state index contributed by atoms with van der Waals surface area (Å²) < 4.78 is 5.37. The average molecular weight is 353 g/mol. The Morgan fingerprint density at radius 3 is 2.46 bits per heavy atom. The molecule has 0 bridgehead atoms. The highest BCUT2D eigenvalue weighted by Gasteiger charge is 2.41. The quantitative estimate of drug-likeness (QED) is 0.890. The predicted molar refractivity (Wildman–Crippen MR) is 97.9 cm³/mol. The van der Waals surface area contributed by atoms with Gasteiger partial charge in [-0.3, -0.25) is 4.79 Å². The predicted octanol–water partition coefficient (Wildman–Crippen LogP) is 3.69. The number of carbonyl (C=O) groups excluding carboxylic acids is 1. The van der Waals surface area contributed by atoms with Crippen molar-refractivity contribution >= 4 is 12.1 Å². The third-order valence-electron chi connectivity index (χ3n) is 4.94. The van der Waals surface area contributed by atoms with Crippen LogP contribution in [-0.4, -0.2) is 35.2 Å². The molecule has 0 aliphatic carbocycles. The first-order valence-electron chi connectivity index (χ1n) is 8.86. The monoisotopic (exact) mass is 353 g/mol. The molecule has 2 aromatic carbocycles. The van der Waals surface area contributed by atoms with Gasteiger partial charge in [-0.2, -0.15) is 0 Å². The van der Waals surface area contributed by atoms with E-state index >= 15 is 0 Å². The van der Waals surface area contributed by atoms with E-state index in [1.54, 1.807) is 0 Å². The Morgan fingerprint density at radius 1 is 1.08 bits per heavy atom. The number of amides is 1. The number of carbonyl (C=O) groups is 2. The number of aryl methyl sites for hydroxylation is 1. The van der Waals surface area contributed by atoms with Gasteiger partial charge >= 0.3 is 12.1 Å². The number of aliphatic carboxylic acids is 1. The first-order chi connectivity index (χ1) is 12.6. The molecule has 1 aliphatic rings. The minimum atomic E-state index is -0.876. The number of likely N-dealkylation sites (tertiary alicyclic amines) is 1. The Kier molecular flexibility index (Phi) is 5.56. The second-order valence-electron chi connectivity index (χ2n) is 6.55. The summed E-state index contributed by atoms with van der Waals surface area (Å²) in [6, 6.07) is 17.3. The molecule has 2 atom stereocenters. The second kappa shape index (κ2) is 8.04. The van der Waals surface area contributed by atoms with Crippen LogP contribution in [0.4, 0.5) is 4.79 Å². The van der Waals surface area contributed by atoms with Gasteiger partial charge in [-0.15, -0.1) is 0 Å². The third kappa shape index (κ3) is 3.87. The summed E-state index contributed by atoms with van der Waals surface area (Å²) in [7, 11) is 0. The van der Waals surface area contributed by atoms with Crippen LogP contribution in [0.5, 0.6) is 0 Å². The smallest absolute Gasteiger partial charge is 0.410 e. The van der Waals surface area contributed by atoms with Gasteiger partial charge in [0.25, 0.3) is 0 Å². The van der Waals surface area contributed by atoms with Crippen molar-refractivity contribution in [3.05, 3.63) is 71.3 Å². The van der Waals surface area contributed by atoms with Crippen molar-refractivity contribution in [2.45, 2.75) is 25.9 Å². The van der Waals surface area contributed by atoms with Gasteiger partial charge in [-0.25, -0.2) is 4.79 Å². The molecule has 26 heavy (non-hydrogen) atoms. The van der Waals surface area contributed by atoms with Gasteiger partial charge < -0.3 is 14.7 Å². The number of hydrogen-bond donors (Lipinski definition) is 1. The number of ether oxygens (including phenoxy) is 1. The van der Waals surface area contributed by atoms with Crippen molar-refractivity contribution in [3.63, 3.8) is 0 Å². The van der Waals surface area contributed by atoms with Crippen LogP contribution in [0.2, 0.25) is 0 Å². The van der Waals surface area contributed by atoms with E-state index in [0.717, 1.165) is 23.1 Å². The van der Waals surface area contributed by atoms with E-state index in [9.17, 15) is 14.7 Å². The molecular formula is C21H23NO4. The molecule has 136 valence electrons. The van der Waals surface area contributed by atoms with Gasteiger partial charge in [0.2, 0.25) is 0 Å². The summed E-state index contributed by atoms with van der Waals surface area (Å²) in [5.41, 5.74) is 3.05. The Balaban J connectivity index is 1.72. The summed E-state index contributed by atoms with van der Waals surface area (Å²) >= 11 is 0. The zero-order valence-electron chi connectivity index (χ0n) is 14.8. The summed E-state index contributed by atoms with van der Waals surface area (Å²) in [4.78, 5) is 25.7. The Hall–Kier alpha value is -2.82. The molecule has 0 saturated carbocycles. The van der Waals surface area contributed by atoms with Crippen molar-refractivity contribution in [2.75, 3.05) is 13.1 Å². The van der Waals surface area contributed by atoms with Gasteiger partial charge in [-0.1, -0.05) is 61.5 Å². The van der Waals surface area contributed by atoms with E-state index in [-0.39, 0.29) is 19.1 Å². The first kappa shape index (κ1) is 18.0. The minimum absolute atomic E-state index is 0.172. The Bertz CT molecular complexity index is 775. The maximum Gasteiger partial charge on any atom is 0.410 e. The standard InChI is InChI=1S/C21H23NO4/c1-2-16-10-6-7-11-17(16)18-12-22(13-19(18)20(23)24)21(25)26-14-15-8-4-3-5-9-15/h3-11,18-19H,2,12-14H2,1H3,(H,23,24)/t18-,19+/m0/s1. The topological polar surface area (TPSA) is 66.8 Å². The average Bonchev–Trinajstić information content (AvgIpc) is 3.12. The zero-order valence-corrected chi connectivity index (χ0v) is 14.8. The molecule has 1 heterocycles. The molecule has 0 radical (unpaired) electrons. The van der Waals surface area contributed by atoms with Gasteiger partial charge in [0.15, 0.2) is 0 Å². The third-order valence-corrected chi connectivity index (χ3v) is 4.94. The van der Waals surface area contributed by atoms with Crippen molar-refractivity contribution in [1.29, 1.82) is 0 Å². The molecule has 1 fully saturated rings. The summed E-state index contributed by atoms with van der Waals surface area (Å²) in [6.07, 6.45) is 0.369. The van der Waals surface area contributed by atoms with Crippen molar-refractivity contribution < 1.29 is 19.4 Å². The molecule has 0 spiro atoms. The maximum absolute atomic E-state index is 12.4. The lowest BCUT2D eigenvalue weighted by molar-refractivity contribution is -0.141. The number of carboxylic acid groups (broad SMARTS) is 1. The molecule has 1 aliphatic heterocycles. The molecule has 3 rings (SSSR count). The van der Waals surface area contributed by atoms with E-state index in [1.807, 2.05) is 54.6 Å². The highest BCUT2D eigenvalue weighted by atomic mass is 16.6. The molecular weight excluding hydrogens is 330 g/mol. The summed E-state index contributed by atoms with van der Waals surface area (Å²) in [6.45, 7) is 2.77. The van der Waals surface area contributed by atoms with E-state index in [2.05, 4.69) is 6.92 Å². The van der Waals surface area contributed by atoms with Gasteiger partial charge in [0.05, 0.1) is 5.92 Å². The van der Waals surface area contributed by atoms with Crippen LogP contribution in [-0.2, 0) is 22.6 Å². The van der Waals surface area contributed by atoms with Crippen molar-refractivity contribution in [3.8, 4) is 0 Å². The molecule has 0 unspecified atom stereocenters. The number of hydrogen-bond acceptors (Lipinski definition) is 3. The lowest BCUT2D eigenvalue weighted by atomic mass is 9.85. The molecule has 5 heteroatoms. The lowest BCUT2D eigenvalue weighted by Gasteiger charge is -2.18. The molecule has 0 aromatic heterocycles. The molecule has 1 saturated heterocycles. The Morgan fingerprint density at radius 2 is 1.77 bits per heavy atom. The minimum Gasteiger partial charge on any atom is -0.481 e. The molecule has 1 amide bonds. The summed E-state index contributed by atoms with van der Waals surface area (Å²) in [5.74, 6) is -1.71. The number of carboxylic acids is 1. The van der Waals surface area contributed by atoms with Crippen LogP contribution in [0.15, 0.2) is 54.6 Å². The first-order valence-corrected chi connectivity index (χ1v) is 8.86. The number of nitrogens with zero attached hydrogens (tertiary/aromatic N) is 1. The summed E-state index contributed by atoms with van der Waals surface area (Å²) in [5, 5.41) is 9.64. The zero-order chi connectivity index (χ0) is 18.5. The molecule has 1 N–H and O–H groups in total. The normalized spacial score (nSPS) is 19.3. The van der Waals surface area contributed by atoms with Gasteiger partial charge in [-0.05, 0) is 23.1 Å². The largest absolute Gasteiger partial charge is 0.481 e. The Labute approximate surface area is 153 Å². The van der Waals surface area contributed by atoms with E-state index in [1.165, 1.54) is 4.90 Å². The lowest BCUT2D eigenvalue weighted by Crippen LogP contribution is -2.30. The second-order valence-corrected chi connectivity index (χ2v) is 6.55. The van der Waals surface area contributed by atoms with Gasteiger partial charge in [0.1, 0.15) is 6.61 Å². The number of benzene rings is 2. The van der Waals surface area contributed by atoms with E-state index in [0.29, 0.717) is 6.54 Å². The molecule has 5 nitrogen and oxygen atoms in total. The fourth-order valence-electron chi connectivity index (χ4n) is 3.55. The highest BCUT2D eigenvalue weighted by Crippen LogP contribution is 2.35. The van der Waals surface area contributed by atoms with Gasteiger partial charge in [0, 0.05) is 19.0 Å². The fraction of sp³-hybridized carbons (Fsp3) is 0.333. The van der Waals surface area contributed by atoms with Crippen molar-refractivity contribution in [1.82, 2.24) is 4.90 Å². The van der Waals surface area contributed by atoms with E-state index < -0.39 is 18.0 Å². The van der Waals surface area contributed by atoms with Crippen LogP contribution in [0.1, 0.15) is 29.5 Å². The highest BCUT2D eigenvalue weighted by molar-refractivity contribution is 5.76. The SMILES string of the molecule is CCc1ccccc1[C@@H]1CN(C(=O)OCc2ccccc2)C[C@H]1C(=O)O. The fourth-order valence-corrected chi connectivity index (χ4v) is 3.55. The maximum atomic E-state index is 12.4. The van der Waals surface area contributed by atoms with Crippen LogP contribution >= 0.6 is 0 Å². The van der Waals surface area contributed by atoms with Crippen molar-refractivity contribution in [2.24, 2.45) is 5.92 Å². The van der Waals surface area contributed by atoms with Crippen LogP contribution in [0.25, 0.3) is 0 Å².